The van der Waals surface area contributed by atoms with Gasteiger partial charge in [-0.1, -0.05) is 120 Å². The van der Waals surface area contributed by atoms with Crippen molar-refractivity contribution < 1.29 is 4.79 Å². The van der Waals surface area contributed by atoms with Crippen molar-refractivity contribution in [2.75, 3.05) is 0 Å². The van der Waals surface area contributed by atoms with E-state index in [4.69, 9.17) is 0 Å². The van der Waals surface area contributed by atoms with E-state index in [1.807, 2.05) is 32.9 Å². The molecular formula is C27H52O. The number of rotatable bonds is 8. The molecule has 1 atom stereocenters. The summed E-state index contributed by atoms with van der Waals surface area (Å²) in [4.78, 5) is 12.0. The van der Waals surface area contributed by atoms with Gasteiger partial charge in [-0.05, 0) is 36.5 Å². The molecule has 1 heteroatoms. The van der Waals surface area contributed by atoms with Crippen LogP contribution in [0.25, 0.3) is 0 Å². The lowest BCUT2D eigenvalue weighted by atomic mass is 9.91. The molecule has 0 heterocycles. The van der Waals surface area contributed by atoms with Gasteiger partial charge in [-0.15, -0.1) is 0 Å². The first-order valence-corrected chi connectivity index (χ1v) is 11.9. The number of carbonyl (C=O) groups excluding carboxylic acids is 1. The first-order chi connectivity index (χ1) is 13.3. The van der Waals surface area contributed by atoms with Gasteiger partial charge in [-0.25, -0.2) is 0 Å². The molecule has 0 aliphatic carbocycles. The topological polar surface area (TPSA) is 17.1 Å². The van der Waals surface area contributed by atoms with Crippen molar-refractivity contribution in [3.8, 4) is 0 Å². The molecule has 28 heavy (non-hydrogen) atoms. The SMILES string of the molecule is CC.CCC(C)C(=O)c1ccc(C(C)C)c(C)c1.CCCC.CCCCCC. The third-order valence-corrected chi connectivity index (χ3v) is 4.69. The summed E-state index contributed by atoms with van der Waals surface area (Å²) in [6.07, 6.45) is 9.08. The molecule has 0 bridgehead atoms. The van der Waals surface area contributed by atoms with E-state index < -0.39 is 0 Å². The van der Waals surface area contributed by atoms with Crippen LogP contribution in [0, 0.1) is 12.8 Å². The van der Waals surface area contributed by atoms with Crippen molar-refractivity contribution in [2.24, 2.45) is 5.92 Å². The lowest BCUT2D eigenvalue weighted by molar-refractivity contribution is 0.0927. The number of unbranched alkanes of at least 4 members (excludes halogenated alkanes) is 4. The van der Waals surface area contributed by atoms with Crippen LogP contribution in [0.3, 0.4) is 0 Å². The first kappa shape index (κ1) is 31.6. The van der Waals surface area contributed by atoms with Crippen LogP contribution in [0.1, 0.15) is 142 Å². The maximum absolute atomic E-state index is 12.0. The highest BCUT2D eigenvalue weighted by Crippen LogP contribution is 2.21. The minimum atomic E-state index is 0.129. The third kappa shape index (κ3) is 15.9. The molecule has 1 unspecified atom stereocenters. The van der Waals surface area contributed by atoms with E-state index in [-0.39, 0.29) is 11.7 Å². The van der Waals surface area contributed by atoms with Crippen LogP contribution in [0.4, 0.5) is 0 Å². The quantitative estimate of drug-likeness (QED) is 0.318. The van der Waals surface area contributed by atoms with Crippen molar-refractivity contribution in [1.29, 1.82) is 0 Å². The van der Waals surface area contributed by atoms with E-state index in [0.717, 1.165) is 12.0 Å². The Kier molecular flexibility index (Phi) is 25.0. The van der Waals surface area contributed by atoms with Gasteiger partial charge in [0.1, 0.15) is 0 Å². The molecule has 1 nitrogen and oxygen atoms in total. The zero-order valence-corrected chi connectivity index (χ0v) is 21.2. The van der Waals surface area contributed by atoms with Crippen LogP contribution in [-0.4, -0.2) is 5.78 Å². The average molecular weight is 393 g/mol. The fourth-order valence-electron chi connectivity index (χ4n) is 2.45. The highest BCUT2D eigenvalue weighted by molar-refractivity contribution is 5.97. The van der Waals surface area contributed by atoms with Crippen molar-refractivity contribution in [3.63, 3.8) is 0 Å². The van der Waals surface area contributed by atoms with Crippen molar-refractivity contribution >= 4 is 5.78 Å². The maximum Gasteiger partial charge on any atom is 0.165 e. The molecule has 1 aromatic rings. The standard InChI is InChI=1S/C15H22O.C6H14.C4H10.C2H6/c1-6-11(4)15(16)13-7-8-14(10(2)3)12(5)9-13;1-3-5-6-4-2;1-3-4-2;1-2/h7-11H,6H2,1-5H3;3-6H2,1-2H3;3-4H2,1-2H3;1-2H3. The van der Waals surface area contributed by atoms with E-state index in [0.29, 0.717) is 5.92 Å². The van der Waals surface area contributed by atoms with Crippen molar-refractivity contribution in [3.05, 3.63) is 34.9 Å². The van der Waals surface area contributed by atoms with Gasteiger partial charge in [-0.3, -0.25) is 4.79 Å². The van der Waals surface area contributed by atoms with Gasteiger partial charge in [0.25, 0.3) is 0 Å². The summed E-state index contributed by atoms with van der Waals surface area (Å²) in [6, 6.07) is 6.09. The molecule has 1 aromatic carbocycles. The van der Waals surface area contributed by atoms with Crippen LogP contribution < -0.4 is 0 Å². The average Bonchev–Trinajstić information content (AvgIpc) is 2.72. The molecule has 0 spiro atoms. The largest absolute Gasteiger partial charge is 0.294 e. The molecule has 0 aliphatic heterocycles. The number of benzene rings is 1. The first-order valence-electron chi connectivity index (χ1n) is 11.9. The maximum atomic E-state index is 12.0. The van der Waals surface area contributed by atoms with Crippen LogP contribution in [-0.2, 0) is 0 Å². The van der Waals surface area contributed by atoms with E-state index in [1.165, 1.54) is 49.7 Å². The Morgan fingerprint density at radius 2 is 1.29 bits per heavy atom. The van der Waals surface area contributed by atoms with Gasteiger partial charge in [0.05, 0.1) is 0 Å². The molecule has 0 N–H and O–H groups in total. The summed E-state index contributed by atoms with van der Waals surface area (Å²) in [7, 11) is 0. The number of Topliss-reactive ketones (excluding diaryl/α,β-unsaturated/α-hetero) is 1. The van der Waals surface area contributed by atoms with E-state index in [1.54, 1.807) is 0 Å². The Hall–Kier alpha value is -1.11. The second-order valence-electron chi connectivity index (χ2n) is 7.61. The smallest absolute Gasteiger partial charge is 0.165 e. The zero-order valence-electron chi connectivity index (χ0n) is 21.2. The van der Waals surface area contributed by atoms with Gasteiger partial charge in [0, 0.05) is 11.5 Å². The second kappa shape index (κ2) is 22.2. The second-order valence-corrected chi connectivity index (χ2v) is 7.61. The van der Waals surface area contributed by atoms with Gasteiger partial charge in [0.2, 0.25) is 0 Å². The Morgan fingerprint density at radius 1 is 0.821 bits per heavy atom. The molecule has 0 saturated carbocycles. The molecule has 0 amide bonds. The molecule has 0 radical (unpaired) electrons. The van der Waals surface area contributed by atoms with E-state index in [9.17, 15) is 4.79 Å². The third-order valence-electron chi connectivity index (χ3n) is 4.69. The normalized spacial score (nSPS) is 10.6. The Bertz CT molecular complexity index is 453. The van der Waals surface area contributed by atoms with Gasteiger partial charge < -0.3 is 0 Å². The monoisotopic (exact) mass is 392 g/mol. The lowest BCUT2D eigenvalue weighted by Gasteiger charge is -2.13. The summed E-state index contributed by atoms with van der Waals surface area (Å²) >= 11 is 0. The van der Waals surface area contributed by atoms with Crippen LogP contribution in [0.15, 0.2) is 18.2 Å². The zero-order chi connectivity index (χ0) is 22.5. The molecule has 1 rings (SSSR count). The summed E-state index contributed by atoms with van der Waals surface area (Å²) in [5, 5.41) is 0. The minimum Gasteiger partial charge on any atom is -0.294 e. The summed E-state index contributed by atoms with van der Waals surface area (Å²) in [5.41, 5.74) is 3.42. The molecular weight excluding hydrogens is 340 g/mol. The fourth-order valence-corrected chi connectivity index (χ4v) is 2.45. The number of hydrogen-bond acceptors (Lipinski definition) is 1. The van der Waals surface area contributed by atoms with Gasteiger partial charge >= 0.3 is 0 Å². The Morgan fingerprint density at radius 3 is 1.57 bits per heavy atom. The summed E-state index contributed by atoms with van der Waals surface area (Å²) < 4.78 is 0. The fraction of sp³-hybridized carbons (Fsp3) is 0.741. The Labute approximate surface area is 178 Å². The van der Waals surface area contributed by atoms with Crippen LogP contribution in [0.2, 0.25) is 0 Å². The molecule has 0 saturated heterocycles. The van der Waals surface area contributed by atoms with Crippen molar-refractivity contribution in [1.82, 2.24) is 0 Å². The molecule has 0 fully saturated rings. The predicted molar refractivity (Wildman–Crippen MR) is 131 cm³/mol. The Balaban J connectivity index is -0.000000431. The van der Waals surface area contributed by atoms with E-state index >= 15 is 0 Å². The van der Waals surface area contributed by atoms with Crippen molar-refractivity contribution in [2.45, 2.75) is 127 Å². The summed E-state index contributed by atoms with van der Waals surface area (Å²) in [5.74, 6) is 0.915. The number of ketones is 1. The molecule has 166 valence electrons. The number of carbonyl (C=O) groups is 1. The van der Waals surface area contributed by atoms with Crippen LogP contribution >= 0.6 is 0 Å². The number of hydrogen-bond donors (Lipinski definition) is 0. The van der Waals surface area contributed by atoms with Gasteiger partial charge in [0.15, 0.2) is 5.78 Å². The highest BCUT2D eigenvalue weighted by atomic mass is 16.1. The lowest BCUT2D eigenvalue weighted by Crippen LogP contribution is -2.10. The summed E-state index contributed by atoms with van der Waals surface area (Å²) in [6.45, 7) is 23.3. The highest BCUT2D eigenvalue weighted by Gasteiger charge is 2.14. The molecule has 0 aliphatic rings. The molecule has 0 aromatic heterocycles. The van der Waals surface area contributed by atoms with Gasteiger partial charge in [-0.2, -0.15) is 0 Å². The van der Waals surface area contributed by atoms with E-state index in [2.05, 4.69) is 61.5 Å². The predicted octanol–water partition coefficient (Wildman–Crippen LogP) is 9.77. The number of aryl methyl sites for hydroxylation is 1. The minimum absolute atomic E-state index is 0.129. The van der Waals surface area contributed by atoms with Crippen LogP contribution in [0.5, 0.6) is 0 Å².